The molecule has 9 heteroatoms. The lowest BCUT2D eigenvalue weighted by molar-refractivity contribution is -0.138. The number of nitrogens with zero attached hydrogens (tertiary/aromatic N) is 3. The number of hydrogen-bond acceptors (Lipinski definition) is 5. The maximum atomic E-state index is 12.4. The van der Waals surface area contributed by atoms with E-state index in [1.807, 2.05) is 12.1 Å². The highest BCUT2D eigenvalue weighted by Gasteiger charge is 2.25. The number of rotatable bonds is 4. The lowest BCUT2D eigenvalue weighted by atomic mass is 9.95. The van der Waals surface area contributed by atoms with Crippen LogP contribution in [0.1, 0.15) is 19.3 Å². The molecule has 0 spiro atoms. The molecule has 25 heavy (non-hydrogen) atoms. The highest BCUT2D eigenvalue weighted by Crippen LogP contribution is 2.28. The molecule has 1 aliphatic rings. The van der Waals surface area contributed by atoms with Crippen LogP contribution in [0.3, 0.4) is 0 Å². The third-order valence-corrected chi connectivity index (χ3v) is 5.10. The van der Waals surface area contributed by atoms with Crippen LogP contribution in [0.4, 0.5) is 9.93 Å². The number of halogens is 1. The van der Waals surface area contributed by atoms with Gasteiger partial charge in [0.15, 0.2) is 0 Å². The van der Waals surface area contributed by atoms with Crippen molar-refractivity contribution in [1.29, 1.82) is 0 Å². The number of hydrogen-bond donors (Lipinski definition) is 2. The number of aliphatic carboxylic acids is 1. The molecule has 2 N–H and O–H groups in total. The molecule has 2 amide bonds. The van der Waals surface area contributed by atoms with Gasteiger partial charge in [-0.05, 0) is 30.9 Å². The molecule has 0 aliphatic carbocycles. The van der Waals surface area contributed by atoms with Gasteiger partial charge < -0.3 is 10.0 Å². The number of carbonyl (C=O) groups is 2. The molecule has 1 atom stereocenters. The molecule has 1 saturated heterocycles. The molecule has 1 aromatic heterocycles. The average molecular weight is 381 g/mol. The Morgan fingerprint density at radius 3 is 3.00 bits per heavy atom. The Balaban J connectivity index is 1.62. The average Bonchev–Trinajstić information content (AvgIpc) is 3.03. The maximum Gasteiger partial charge on any atom is 0.323 e. The Kier molecular flexibility index (Phi) is 5.50. The quantitative estimate of drug-likeness (QED) is 0.845. The minimum atomic E-state index is -0.831. The molecule has 0 bridgehead atoms. The van der Waals surface area contributed by atoms with Crippen LogP contribution in [0, 0.1) is 5.92 Å². The van der Waals surface area contributed by atoms with Crippen molar-refractivity contribution in [3.05, 3.63) is 29.3 Å². The highest BCUT2D eigenvalue weighted by molar-refractivity contribution is 7.18. The van der Waals surface area contributed by atoms with Crippen LogP contribution in [0.15, 0.2) is 24.3 Å². The molecule has 3 rings (SSSR count). The van der Waals surface area contributed by atoms with Crippen LogP contribution in [0.25, 0.3) is 10.6 Å². The summed E-state index contributed by atoms with van der Waals surface area (Å²) in [5.74, 6) is -0.837. The monoisotopic (exact) mass is 380 g/mol. The predicted molar refractivity (Wildman–Crippen MR) is 95.9 cm³/mol. The van der Waals surface area contributed by atoms with Gasteiger partial charge in [-0.1, -0.05) is 35.1 Å². The summed E-state index contributed by atoms with van der Waals surface area (Å²) < 4.78 is 0. The SMILES string of the molecule is O=C(O)CC1CCCN(C(=O)Nc2nnc(-c3cccc(Cl)c3)s2)C1. The topological polar surface area (TPSA) is 95.4 Å². The summed E-state index contributed by atoms with van der Waals surface area (Å²) in [5, 5.41) is 21.4. The van der Waals surface area contributed by atoms with Gasteiger partial charge in [-0.15, -0.1) is 10.2 Å². The second kappa shape index (κ2) is 7.79. The molecule has 1 aliphatic heterocycles. The molecular weight excluding hydrogens is 364 g/mol. The summed E-state index contributed by atoms with van der Waals surface area (Å²) >= 11 is 7.24. The molecule has 2 aromatic rings. The summed E-state index contributed by atoms with van der Waals surface area (Å²) in [5.41, 5.74) is 0.838. The molecule has 132 valence electrons. The first-order valence-corrected chi connectivity index (χ1v) is 9.08. The van der Waals surface area contributed by atoms with Crippen molar-refractivity contribution < 1.29 is 14.7 Å². The molecule has 7 nitrogen and oxygen atoms in total. The number of piperidine rings is 1. The van der Waals surface area contributed by atoms with Crippen molar-refractivity contribution in [3.8, 4) is 10.6 Å². The number of likely N-dealkylation sites (tertiary alicyclic amines) is 1. The van der Waals surface area contributed by atoms with E-state index in [4.69, 9.17) is 16.7 Å². The molecule has 1 fully saturated rings. The zero-order chi connectivity index (χ0) is 17.8. The molecule has 1 unspecified atom stereocenters. The Morgan fingerprint density at radius 1 is 1.40 bits per heavy atom. The van der Waals surface area contributed by atoms with Gasteiger partial charge in [0.2, 0.25) is 5.13 Å². The summed E-state index contributed by atoms with van der Waals surface area (Å²) in [6.45, 7) is 1.06. The van der Waals surface area contributed by atoms with Gasteiger partial charge in [0.25, 0.3) is 0 Å². The maximum absolute atomic E-state index is 12.4. The standard InChI is InChI=1S/C16H17ClN4O3S/c17-12-5-1-4-11(8-12)14-19-20-15(25-14)18-16(24)21-6-2-3-10(9-21)7-13(22)23/h1,4-5,8,10H,2-3,6-7,9H2,(H,22,23)(H,18,20,24). The largest absolute Gasteiger partial charge is 0.481 e. The fraction of sp³-hybridized carbons (Fsp3) is 0.375. The third kappa shape index (κ3) is 4.67. The Labute approximate surface area is 153 Å². The van der Waals surface area contributed by atoms with Crippen molar-refractivity contribution in [2.45, 2.75) is 19.3 Å². The van der Waals surface area contributed by atoms with Gasteiger partial charge in [0, 0.05) is 30.1 Å². The number of carbonyl (C=O) groups excluding carboxylic acids is 1. The number of nitrogens with one attached hydrogen (secondary N) is 1. The van der Waals surface area contributed by atoms with Crippen LogP contribution in [-0.4, -0.2) is 45.3 Å². The number of aromatic nitrogens is 2. The highest BCUT2D eigenvalue weighted by atomic mass is 35.5. The van der Waals surface area contributed by atoms with Crippen molar-refractivity contribution in [2.75, 3.05) is 18.4 Å². The number of amides is 2. The van der Waals surface area contributed by atoms with Crippen molar-refractivity contribution in [3.63, 3.8) is 0 Å². The van der Waals surface area contributed by atoms with Gasteiger partial charge in [0.05, 0.1) is 0 Å². The van der Waals surface area contributed by atoms with Crippen molar-refractivity contribution in [1.82, 2.24) is 15.1 Å². The van der Waals surface area contributed by atoms with Crippen molar-refractivity contribution >= 4 is 40.1 Å². The van der Waals surface area contributed by atoms with Crippen LogP contribution in [-0.2, 0) is 4.79 Å². The van der Waals surface area contributed by atoms with E-state index in [1.54, 1.807) is 17.0 Å². The molecule has 0 saturated carbocycles. The van der Waals surface area contributed by atoms with Gasteiger partial charge in [-0.25, -0.2) is 4.79 Å². The Bertz CT molecular complexity index is 782. The predicted octanol–water partition coefficient (Wildman–Crippen LogP) is 3.58. The Hall–Kier alpha value is -2.19. The number of benzene rings is 1. The van der Waals surface area contributed by atoms with E-state index in [1.165, 1.54) is 11.3 Å². The fourth-order valence-corrected chi connectivity index (χ4v) is 3.77. The minimum absolute atomic E-state index is 0.00607. The number of urea groups is 1. The van der Waals surface area contributed by atoms with E-state index in [2.05, 4.69) is 15.5 Å². The summed E-state index contributed by atoms with van der Waals surface area (Å²) in [4.78, 5) is 24.9. The number of carboxylic acid groups (broad SMARTS) is 1. The first kappa shape index (κ1) is 17.6. The zero-order valence-corrected chi connectivity index (χ0v) is 14.9. The second-order valence-corrected chi connectivity index (χ2v) is 7.32. The van der Waals surface area contributed by atoms with Crippen LogP contribution < -0.4 is 5.32 Å². The molecule has 2 heterocycles. The van der Waals surface area contributed by atoms with E-state index >= 15 is 0 Å². The zero-order valence-electron chi connectivity index (χ0n) is 13.3. The number of anilines is 1. The van der Waals surface area contributed by atoms with Gasteiger partial charge in [-0.3, -0.25) is 10.1 Å². The molecule has 1 aromatic carbocycles. The first-order chi connectivity index (χ1) is 12.0. The normalized spacial score (nSPS) is 17.3. The van der Waals surface area contributed by atoms with E-state index in [0.717, 1.165) is 18.4 Å². The van der Waals surface area contributed by atoms with Gasteiger partial charge in [0.1, 0.15) is 5.01 Å². The van der Waals surface area contributed by atoms with E-state index in [0.29, 0.717) is 28.3 Å². The lowest BCUT2D eigenvalue weighted by Gasteiger charge is -2.31. The summed E-state index contributed by atoms with van der Waals surface area (Å²) in [6.07, 6.45) is 1.71. The number of carboxylic acids is 1. The van der Waals surface area contributed by atoms with E-state index < -0.39 is 5.97 Å². The summed E-state index contributed by atoms with van der Waals surface area (Å²) in [6, 6.07) is 6.99. The molecular formula is C16H17ClN4O3S. The van der Waals surface area contributed by atoms with Crippen molar-refractivity contribution in [2.24, 2.45) is 5.92 Å². The second-order valence-electron chi connectivity index (χ2n) is 5.90. The third-order valence-electron chi connectivity index (χ3n) is 3.98. The Morgan fingerprint density at radius 2 is 2.24 bits per heavy atom. The minimum Gasteiger partial charge on any atom is -0.481 e. The van der Waals surface area contributed by atoms with E-state index in [-0.39, 0.29) is 18.4 Å². The molecule has 0 radical (unpaired) electrons. The first-order valence-electron chi connectivity index (χ1n) is 7.88. The van der Waals surface area contributed by atoms with Crippen LogP contribution in [0.2, 0.25) is 5.02 Å². The van der Waals surface area contributed by atoms with Crippen LogP contribution >= 0.6 is 22.9 Å². The lowest BCUT2D eigenvalue weighted by Crippen LogP contribution is -2.42. The van der Waals surface area contributed by atoms with Crippen LogP contribution in [0.5, 0.6) is 0 Å². The smallest absolute Gasteiger partial charge is 0.323 e. The summed E-state index contributed by atoms with van der Waals surface area (Å²) in [7, 11) is 0. The van der Waals surface area contributed by atoms with Gasteiger partial charge >= 0.3 is 12.0 Å². The van der Waals surface area contributed by atoms with E-state index in [9.17, 15) is 9.59 Å². The fourth-order valence-electron chi connectivity index (χ4n) is 2.85. The van der Waals surface area contributed by atoms with Gasteiger partial charge in [-0.2, -0.15) is 0 Å².